The van der Waals surface area contributed by atoms with Crippen LogP contribution in [0.3, 0.4) is 0 Å². The van der Waals surface area contributed by atoms with Crippen molar-refractivity contribution in [1.29, 1.82) is 0 Å². The number of amides is 1. The number of aliphatic hydroxyl groups excluding tert-OH is 1. The molecule has 3 aromatic carbocycles. The van der Waals surface area contributed by atoms with E-state index in [0.717, 1.165) is 17.5 Å². The Morgan fingerprint density at radius 1 is 1.00 bits per heavy atom. The van der Waals surface area contributed by atoms with Crippen molar-refractivity contribution >= 4 is 40.5 Å². The van der Waals surface area contributed by atoms with Crippen molar-refractivity contribution in [2.45, 2.75) is 32.0 Å². The molecule has 0 spiro atoms. The maximum Gasteiger partial charge on any atom is 0.220 e. The second kappa shape index (κ2) is 14.8. The van der Waals surface area contributed by atoms with Gasteiger partial charge in [-0.2, -0.15) is 0 Å². The van der Waals surface area contributed by atoms with Crippen molar-refractivity contribution in [3.63, 3.8) is 0 Å². The van der Waals surface area contributed by atoms with Gasteiger partial charge in [0.1, 0.15) is 5.75 Å². The highest BCUT2D eigenvalue weighted by Crippen LogP contribution is 2.42. The van der Waals surface area contributed by atoms with Gasteiger partial charge in [-0.3, -0.25) is 9.78 Å². The van der Waals surface area contributed by atoms with Crippen LogP contribution >= 0.6 is 23.2 Å². The highest BCUT2D eigenvalue weighted by atomic mass is 35.5. The normalized spacial score (nSPS) is 14.5. The number of ether oxygens (including phenoxy) is 1. The standard InChI is InChI=1S/C33H34Cl2FN5O3/c1-44-28-16-20(8-9-21(28)17-38-19-23-10-11-29(43)40-23)33-31(35)25(12-13-39-33)24-5-3-6-26(30(24)34)41-27-7-2-4-22(32(27)36)18-37-14-15-42/h2-9,12-13,16,23,37-38,41-42H,10-11,14-15,17-19H2,1H3,(H,40,43)/t23-/m0/s1. The number of hydrogen-bond acceptors (Lipinski definition) is 7. The van der Waals surface area contributed by atoms with Gasteiger partial charge in [-0.05, 0) is 30.7 Å². The Morgan fingerprint density at radius 3 is 2.55 bits per heavy atom. The second-order valence-electron chi connectivity index (χ2n) is 10.5. The van der Waals surface area contributed by atoms with Crippen molar-refractivity contribution in [2.75, 3.05) is 32.1 Å². The van der Waals surface area contributed by atoms with E-state index in [4.69, 9.17) is 33.0 Å². The van der Waals surface area contributed by atoms with Gasteiger partial charge in [-0.1, -0.05) is 59.6 Å². The lowest BCUT2D eigenvalue weighted by Crippen LogP contribution is -2.35. The van der Waals surface area contributed by atoms with Gasteiger partial charge in [0.25, 0.3) is 0 Å². The molecule has 1 amide bonds. The van der Waals surface area contributed by atoms with Crippen LogP contribution in [0.4, 0.5) is 15.8 Å². The van der Waals surface area contributed by atoms with Crippen LogP contribution in [0.25, 0.3) is 22.4 Å². The van der Waals surface area contributed by atoms with Crippen molar-refractivity contribution in [3.8, 4) is 28.1 Å². The molecule has 4 aromatic rings. The summed E-state index contributed by atoms with van der Waals surface area (Å²) >= 11 is 13.8. The Kier molecular flexibility index (Phi) is 10.7. The molecule has 11 heteroatoms. The molecule has 230 valence electrons. The summed E-state index contributed by atoms with van der Waals surface area (Å²) in [4.78, 5) is 16.0. The lowest BCUT2D eigenvalue weighted by atomic mass is 10.0. The van der Waals surface area contributed by atoms with E-state index < -0.39 is 5.82 Å². The second-order valence-corrected chi connectivity index (χ2v) is 11.2. The number of halogens is 3. The van der Waals surface area contributed by atoms with E-state index in [1.807, 2.05) is 30.3 Å². The number of hydrogen-bond donors (Lipinski definition) is 5. The van der Waals surface area contributed by atoms with E-state index in [0.29, 0.717) is 69.9 Å². The van der Waals surface area contributed by atoms with Crippen LogP contribution in [0.15, 0.2) is 66.9 Å². The first kappa shape index (κ1) is 31.7. The molecule has 1 atom stereocenters. The molecule has 1 aliphatic rings. The van der Waals surface area contributed by atoms with Crippen LogP contribution < -0.4 is 26.0 Å². The van der Waals surface area contributed by atoms with Crippen molar-refractivity contribution in [2.24, 2.45) is 0 Å². The zero-order chi connectivity index (χ0) is 31.1. The van der Waals surface area contributed by atoms with Crippen LogP contribution in [-0.2, 0) is 17.9 Å². The van der Waals surface area contributed by atoms with Crippen LogP contribution in [0, 0.1) is 5.82 Å². The van der Waals surface area contributed by atoms with Crippen molar-refractivity contribution in [3.05, 3.63) is 93.8 Å². The molecule has 0 aliphatic carbocycles. The maximum atomic E-state index is 15.2. The first-order valence-electron chi connectivity index (χ1n) is 14.4. The Hall–Kier alpha value is -3.73. The van der Waals surface area contributed by atoms with Crippen molar-refractivity contribution in [1.82, 2.24) is 20.9 Å². The van der Waals surface area contributed by atoms with Crippen LogP contribution in [0.5, 0.6) is 5.75 Å². The van der Waals surface area contributed by atoms with E-state index in [1.54, 1.807) is 43.6 Å². The number of carbonyl (C=O) groups is 1. The topological polar surface area (TPSA) is 108 Å². The highest BCUT2D eigenvalue weighted by Gasteiger charge is 2.21. The molecule has 1 aromatic heterocycles. The fraction of sp³-hybridized carbons (Fsp3) is 0.273. The molecule has 5 N–H and O–H groups in total. The molecular weight excluding hydrogens is 604 g/mol. The summed E-state index contributed by atoms with van der Waals surface area (Å²) in [5.41, 5.74) is 4.93. The van der Waals surface area contributed by atoms with Gasteiger partial charge in [-0.15, -0.1) is 0 Å². The number of nitrogens with zero attached hydrogens (tertiary/aromatic N) is 1. The molecular formula is C33H34Cl2FN5O3. The first-order valence-corrected chi connectivity index (χ1v) is 15.1. The van der Waals surface area contributed by atoms with Gasteiger partial charge in [0.2, 0.25) is 5.91 Å². The molecule has 8 nitrogen and oxygen atoms in total. The lowest BCUT2D eigenvalue weighted by molar-refractivity contribution is -0.119. The van der Waals surface area contributed by atoms with E-state index in [9.17, 15) is 4.79 Å². The quantitative estimate of drug-likeness (QED) is 0.113. The predicted octanol–water partition coefficient (Wildman–Crippen LogP) is 6.06. The lowest BCUT2D eigenvalue weighted by Gasteiger charge is -2.16. The summed E-state index contributed by atoms with van der Waals surface area (Å²) in [7, 11) is 1.62. The fourth-order valence-corrected chi connectivity index (χ4v) is 5.80. The van der Waals surface area contributed by atoms with Gasteiger partial charge >= 0.3 is 0 Å². The zero-order valence-corrected chi connectivity index (χ0v) is 25.7. The number of anilines is 2. The highest BCUT2D eigenvalue weighted by molar-refractivity contribution is 6.39. The third kappa shape index (κ3) is 7.31. The average Bonchev–Trinajstić information content (AvgIpc) is 3.45. The Bertz CT molecular complexity index is 1640. The SMILES string of the molecule is COc1cc(-c2nccc(-c3cccc(Nc4cccc(CNCCO)c4F)c3Cl)c2Cl)ccc1CNC[C@@H]1CCC(=O)N1. The Labute approximate surface area is 266 Å². The van der Waals surface area contributed by atoms with Crippen molar-refractivity contribution < 1.29 is 19.0 Å². The smallest absolute Gasteiger partial charge is 0.220 e. The number of benzene rings is 3. The maximum absolute atomic E-state index is 15.2. The molecule has 2 heterocycles. The summed E-state index contributed by atoms with van der Waals surface area (Å²) < 4.78 is 20.9. The van der Waals surface area contributed by atoms with Crippen LogP contribution in [0.1, 0.15) is 24.0 Å². The summed E-state index contributed by atoms with van der Waals surface area (Å²) in [6, 6.07) is 18.3. The summed E-state index contributed by atoms with van der Waals surface area (Å²) in [5.74, 6) is 0.382. The van der Waals surface area contributed by atoms with E-state index in [1.165, 1.54) is 0 Å². The summed E-state index contributed by atoms with van der Waals surface area (Å²) in [6.07, 6.45) is 3.08. The molecule has 0 radical (unpaired) electrons. The minimum absolute atomic E-state index is 0.0269. The Morgan fingerprint density at radius 2 is 1.77 bits per heavy atom. The number of nitrogens with one attached hydrogen (secondary N) is 4. The average molecular weight is 639 g/mol. The molecule has 0 unspecified atom stereocenters. The van der Waals surface area contributed by atoms with Gasteiger partial charge in [0, 0.05) is 72.7 Å². The van der Waals surface area contributed by atoms with Gasteiger partial charge in [0.15, 0.2) is 5.82 Å². The molecule has 44 heavy (non-hydrogen) atoms. The van der Waals surface area contributed by atoms with E-state index >= 15 is 4.39 Å². The minimum atomic E-state index is -0.401. The Balaban J connectivity index is 1.37. The van der Waals surface area contributed by atoms with E-state index in [2.05, 4.69) is 26.3 Å². The van der Waals surface area contributed by atoms with E-state index in [-0.39, 0.29) is 30.8 Å². The zero-order valence-electron chi connectivity index (χ0n) is 24.2. The number of pyridine rings is 1. The van der Waals surface area contributed by atoms with Crippen LogP contribution in [-0.4, -0.2) is 48.8 Å². The monoisotopic (exact) mass is 637 g/mol. The largest absolute Gasteiger partial charge is 0.496 e. The number of rotatable bonds is 13. The minimum Gasteiger partial charge on any atom is -0.496 e. The number of carbonyl (C=O) groups excluding carboxylic acids is 1. The molecule has 0 bridgehead atoms. The summed E-state index contributed by atoms with van der Waals surface area (Å²) in [5, 5.41) is 22.3. The third-order valence-electron chi connectivity index (χ3n) is 7.48. The van der Waals surface area contributed by atoms with Crippen LogP contribution in [0.2, 0.25) is 10.0 Å². The van der Waals surface area contributed by atoms with Gasteiger partial charge < -0.3 is 31.1 Å². The van der Waals surface area contributed by atoms with Gasteiger partial charge in [0.05, 0.1) is 40.8 Å². The first-order chi connectivity index (χ1) is 21.4. The number of methoxy groups -OCH3 is 1. The molecule has 0 saturated carbocycles. The molecule has 1 fully saturated rings. The summed E-state index contributed by atoms with van der Waals surface area (Å²) in [6.45, 7) is 1.89. The molecule has 1 aliphatic heterocycles. The number of aromatic nitrogens is 1. The van der Waals surface area contributed by atoms with Gasteiger partial charge in [-0.25, -0.2) is 4.39 Å². The molecule has 1 saturated heterocycles. The molecule has 5 rings (SSSR count). The number of aliphatic hydroxyl groups is 1. The predicted molar refractivity (Wildman–Crippen MR) is 173 cm³/mol. The fourth-order valence-electron chi connectivity index (χ4n) is 5.20. The third-order valence-corrected chi connectivity index (χ3v) is 8.27.